The van der Waals surface area contributed by atoms with E-state index in [1.807, 2.05) is 0 Å². The molecule has 1 fully saturated rings. The minimum Gasteiger partial charge on any atom is -0.398 e. The highest BCUT2D eigenvalue weighted by Gasteiger charge is 2.26. The SMILES string of the molecule is Nc1ccccc1CS(=O)(=O)NCC1CCCC1O. The number of anilines is 1. The van der Waals surface area contributed by atoms with Gasteiger partial charge in [0.05, 0.1) is 11.9 Å². The van der Waals surface area contributed by atoms with Crippen LogP contribution in [-0.4, -0.2) is 26.2 Å². The zero-order valence-electron chi connectivity index (χ0n) is 10.7. The van der Waals surface area contributed by atoms with Crippen LogP contribution in [0.1, 0.15) is 24.8 Å². The molecule has 5 nitrogen and oxygen atoms in total. The summed E-state index contributed by atoms with van der Waals surface area (Å²) in [6, 6.07) is 6.93. The molecule has 0 amide bonds. The van der Waals surface area contributed by atoms with Gasteiger partial charge >= 0.3 is 0 Å². The van der Waals surface area contributed by atoms with Crippen molar-refractivity contribution in [2.24, 2.45) is 5.92 Å². The molecule has 0 heterocycles. The van der Waals surface area contributed by atoms with Crippen LogP contribution in [0.4, 0.5) is 5.69 Å². The Hall–Kier alpha value is -1.11. The van der Waals surface area contributed by atoms with Gasteiger partial charge in [-0.15, -0.1) is 0 Å². The molecule has 2 atom stereocenters. The van der Waals surface area contributed by atoms with E-state index in [0.717, 1.165) is 19.3 Å². The fraction of sp³-hybridized carbons (Fsp3) is 0.538. The molecule has 0 aliphatic heterocycles. The van der Waals surface area contributed by atoms with Gasteiger partial charge in [-0.2, -0.15) is 0 Å². The molecular weight excluding hydrogens is 264 g/mol. The monoisotopic (exact) mass is 284 g/mol. The molecule has 0 radical (unpaired) electrons. The van der Waals surface area contributed by atoms with E-state index in [1.54, 1.807) is 24.3 Å². The third kappa shape index (κ3) is 3.92. The van der Waals surface area contributed by atoms with Gasteiger partial charge in [0, 0.05) is 12.2 Å². The lowest BCUT2D eigenvalue weighted by Gasteiger charge is -2.15. The van der Waals surface area contributed by atoms with Crippen LogP contribution in [0.15, 0.2) is 24.3 Å². The summed E-state index contributed by atoms with van der Waals surface area (Å²) >= 11 is 0. The van der Waals surface area contributed by atoms with Crippen LogP contribution in [0, 0.1) is 5.92 Å². The van der Waals surface area contributed by atoms with Crippen molar-refractivity contribution in [3.05, 3.63) is 29.8 Å². The summed E-state index contributed by atoms with van der Waals surface area (Å²) in [5.74, 6) is -0.0921. The molecule has 1 aliphatic carbocycles. The molecule has 1 saturated carbocycles. The van der Waals surface area contributed by atoms with E-state index >= 15 is 0 Å². The van der Waals surface area contributed by atoms with Crippen molar-refractivity contribution in [2.45, 2.75) is 31.1 Å². The maximum Gasteiger partial charge on any atom is 0.215 e. The average molecular weight is 284 g/mol. The Bertz CT molecular complexity index is 530. The Morgan fingerprint density at radius 1 is 1.32 bits per heavy atom. The van der Waals surface area contributed by atoms with Crippen molar-refractivity contribution < 1.29 is 13.5 Å². The number of rotatable bonds is 5. The average Bonchev–Trinajstić information content (AvgIpc) is 2.75. The van der Waals surface area contributed by atoms with E-state index in [4.69, 9.17) is 5.73 Å². The highest BCUT2D eigenvalue weighted by atomic mass is 32.2. The lowest BCUT2D eigenvalue weighted by atomic mass is 10.1. The molecule has 0 spiro atoms. The first kappa shape index (κ1) is 14.3. The Kier molecular flexibility index (Phi) is 4.44. The van der Waals surface area contributed by atoms with Gasteiger partial charge in [0.15, 0.2) is 0 Å². The van der Waals surface area contributed by atoms with E-state index < -0.39 is 10.0 Å². The second-order valence-electron chi connectivity index (χ2n) is 5.06. The minimum atomic E-state index is -3.41. The lowest BCUT2D eigenvalue weighted by molar-refractivity contribution is 0.134. The van der Waals surface area contributed by atoms with Crippen LogP contribution < -0.4 is 10.5 Å². The largest absolute Gasteiger partial charge is 0.398 e. The second kappa shape index (κ2) is 5.90. The van der Waals surface area contributed by atoms with Crippen LogP contribution in [0.3, 0.4) is 0 Å². The van der Waals surface area contributed by atoms with E-state index in [-0.39, 0.29) is 17.8 Å². The number of aliphatic hydroxyl groups excluding tert-OH is 1. The molecule has 1 aromatic rings. The van der Waals surface area contributed by atoms with Crippen LogP contribution >= 0.6 is 0 Å². The van der Waals surface area contributed by atoms with Gasteiger partial charge in [0.1, 0.15) is 0 Å². The van der Waals surface area contributed by atoms with E-state index in [2.05, 4.69) is 4.72 Å². The first-order chi connectivity index (χ1) is 8.98. The molecule has 2 unspecified atom stereocenters. The summed E-state index contributed by atoms with van der Waals surface area (Å²) in [6.45, 7) is 0.302. The number of para-hydroxylation sites is 1. The summed E-state index contributed by atoms with van der Waals surface area (Å²) in [6.07, 6.45) is 2.21. The molecule has 0 saturated heterocycles. The molecule has 19 heavy (non-hydrogen) atoms. The fourth-order valence-corrected chi connectivity index (χ4v) is 3.65. The maximum absolute atomic E-state index is 12.0. The molecule has 1 aromatic carbocycles. The molecular formula is C13H20N2O3S. The Balaban J connectivity index is 1.94. The van der Waals surface area contributed by atoms with Crippen LogP contribution in [0.5, 0.6) is 0 Å². The summed E-state index contributed by atoms with van der Waals surface area (Å²) in [7, 11) is -3.41. The van der Waals surface area contributed by atoms with Crippen molar-refractivity contribution in [1.29, 1.82) is 0 Å². The number of hydrogen-bond acceptors (Lipinski definition) is 4. The van der Waals surface area contributed by atoms with Gasteiger partial charge in [-0.05, 0) is 30.4 Å². The standard InChI is InChI=1S/C13H20N2O3S/c14-12-6-2-1-4-11(12)9-19(17,18)15-8-10-5-3-7-13(10)16/h1-2,4,6,10,13,15-16H,3,5,7-9,14H2. The smallest absolute Gasteiger partial charge is 0.215 e. The Morgan fingerprint density at radius 3 is 2.68 bits per heavy atom. The first-order valence-corrected chi connectivity index (χ1v) is 8.12. The normalized spacial score (nSPS) is 23.6. The van der Waals surface area contributed by atoms with Crippen LogP contribution in [0.25, 0.3) is 0 Å². The highest BCUT2D eigenvalue weighted by molar-refractivity contribution is 7.88. The van der Waals surface area contributed by atoms with Gasteiger partial charge in [-0.1, -0.05) is 24.6 Å². The second-order valence-corrected chi connectivity index (χ2v) is 6.87. The quantitative estimate of drug-likeness (QED) is 0.699. The summed E-state index contributed by atoms with van der Waals surface area (Å²) in [4.78, 5) is 0. The predicted octanol–water partition coefficient (Wildman–Crippen LogP) is 0.849. The zero-order chi connectivity index (χ0) is 13.9. The number of nitrogens with two attached hydrogens (primary N) is 1. The number of nitrogens with one attached hydrogen (secondary N) is 1. The molecule has 2 rings (SSSR count). The van der Waals surface area contributed by atoms with E-state index in [1.165, 1.54) is 0 Å². The molecule has 0 bridgehead atoms. The van der Waals surface area contributed by atoms with Crippen molar-refractivity contribution in [3.63, 3.8) is 0 Å². The molecule has 0 aromatic heterocycles. The number of hydrogen-bond donors (Lipinski definition) is 3. The Morgan fingerprint density at radius 2 is 2.05 bits per heavy atom. The Labute approximate surface area is 113 Å². The maximum atomic E-state index is 12.0. The minimum absolute atomic E-state index is 0.0305. The molecule has 4 N–H and O–H groups in total. The zero-order valence-corrected chi connectivity index (χ0v) is 11.6. The topological polar surface area (TPSA) is 92.4 Å². The molecule has 6 heteroatoms. The third-order valence-corrected chi connectivity index (χ3v) is 4.88. The van der Waals surface area contributed by atoms with Crippen molar-refractivity contribution >= 4 is 15.7 Å². The highest BCUT2D eigenvalue weighted by Crippen LogP contribution is 2.25. The number of sulfonamides is 1. The van der Waals surface area contributed by atoms with Crippen LogP contribution in [0.2, 0.25) is 0 Å². The van der Waals surface area contributed by atoms with Crippen molar-refractivity contribution in [2.75, 3.05) is 12.3 Å². The number of aliphatic hydroxyl groups is 1. The van der Waals surface area contributed by atoms with E-state index in [9.17, 15) is 13.5 Å². The summed E-state index contributed by atoms with van der Waals surface area (Å²) in [5.41, 5.74) is 6.82. The molecule has 1 aliphatic rings. The van der Waals surface area contributed by atoms with Crippen molar-refractivity contribution in [3.8, 4) is 0 Å². The third-order valence-electron chi connectivity index (χ3n) is 3.59. The van der Waals surface area contributed by atoms with Gasteiger partial charge in [0.25, 0.3) is 0 Å². The summed E-state index contributed by atoms with van der Waals surface area (Å²) < 4.78 is 26.5. The van der Waals surface area contributed by atoms with Gasteiger partial charge in [0.2, 0.25) is 10.0 Å². The number of nitrogen functional groups attached to an aromatic ring is 1. The first-order valence-electron chi connectivity index (χ1n) is 6.47. The van der Waals surface area contributed by atoms with Crippen LogP contribution in [-0.2, 0) is 15.8 Å². The lowest BCUT2D eigenvalue weighted by Crippen LogP contribution is -2.33. The fourth-order valence-electron chi connectivity index (χ4n) is 2.41. The van der Waals surface area contributed by atoms with E-state index in [0.29, 0.717) is 17.8 Å². The number of benzene rings is 1. The summed E-state index contributed by atoms with van der Waals surface area (Å²) in [5, 5.41) is 9.66. The van der Waals surface area contributed by atoms with Gasteiger partial charge in [-0.3, -0.25) is 0 Å². The van der Waals surface area contributed by atoms with Gasteiger partial charge < -0.3 is 10.8 Å². The van der Waals surface area contributed by atoms with Gasteiger partial charge in [-0.25, -0.2) is 13.1 Å². The predicted molar refractivity (Wildman–Crippen MR) is 74.8 cm³/mol. The van der Waals surface area contributed by atoms with Crippen molar-refractivity contribution in [1.82, 2.24) is 4.72 Å². The molecule has 106 valence electrons.